The summed E-state index contributed by atoms with van der Waals surface area (Å²) in [7, 11) is 0. The van der Waals surface area contributed by atoms with Gasteiger partial charge in [-0.15, -0.1) is 0 Å². The van der Waals surface area contributed by atoms with Crippen LogP contribution < -0.4 is 0 Å². The molecule has 0 saturated heterocycles. The molecule has 0 saturated carbocycles. The summed E-state index contributed by atoms with van der Waals surface area (Å²) >= 11 is 0. The second-order valence-electron chi connectivity index (χ2n) is 19.5. The molecule has 368 valence electrons. The average Bonchev–Trinajstić information content (AvgIpc) is 3.27. The zero-order chi connectivity index (χ0) is 45.2. The van der Waals surface area contributed by atoms with Gasteiger partial charge >= 0.3 is 17.9 Å². The standard InChI is InChI=1S/C56H108O6/c1-5-8-10-12-14-16-18-19-20-21-25-28-32-35-39-43-47-54(57)60-50-53(62-56(59)49-45-41-37-31-17-15-13-11-9-6-2)51-61-55(58)48-44-40-36-33-29-26-23-22-24-27-30-34-38-42-46-52(4)7-3/h52-53H,5-51H2,1-4H3/t52?,53-/m1/s1. The Morgan fingerprint density at radius 2 is 0.565 bits per heavy atom. The van der Waals surface area contributed by atoms with E-state index in [1.165, 1.54) is 212 Å². The molecule has 0 aromatic heterocycles. The molecule has 0 aliphatic carbocycles. The molecule has 0 aliphatic rings. The van der Waals surface area contributed by atoms with Crippen LogP contribution in [0.3, 0.4) is 0 Å². The van der Waals surface area contributed by atoms with Gasteiger partial charge in [0.2, 0.25) is 0 Å². The Balaban J connectivity index is 4.23. The van der Waals surface area contributed by atoms with Crippen molar-refractivity contribution < 1.29 is 28.6 Å². The minimum absolute atomic E-state index is 0.0622. The molecule has 0 rings (SSSR count). The van der Waals surface area contributed by atoms with E-state index in [2.05, 4.69) is 27.7 Å². The van der Waals surface area contributed by atoms with E-state index in [-0.39, 0.29) is 31.1 Å². The van der Waals surface area contributed by atoms with Crippen molar-refractivity contribution in [2.45, 2.75) is 323 Å². The molecule has 0 radical (unpaired) electrons. The van der Waals surface area contributed by atoms with Crippen LogP contribution in [0.25, 0.3) is 0 Å². The van der Waals surface area contributed by atoms with Crippen LogP contribution in [0.5, 0.6) is 0 Å². The highest BCUT2D eigenvalue weighted by Crippen LogP contribution is 2.18. The number of ether oxygens (including phenoxy) is 3. The first-order valence-corrected chi connectivity index (χ1v) is 27.9. The molecule has 0 aromatic rings. The summed E-state index contributed by atoms with van der Waals surface area (Å²) in [5.41, 5.74) is 0. The molecular formula is C56H108O6. The molecule has 1 unspecified atom stereocenters. The van der Waals surface area contributed by atoms with Gasteiger partial charge in [0.25, 0.3) is 0 Å². The molecule has 6 heteroatoms. The minimum Gasteiger partial charge on any atom is -0.462 e. The van der Waals surface area contributed by atoms with E-state index in [1.807, 2.05) is 0 Å². The zero-order valence-electron chi connectivity index (χ0n) is 42.3. The van der Waals surface area contributed by atoms with E-state index in [1.54, 1.807) is 0 Å². The van der Waals surface area contributed by atoms with E-state index < -0.39 is 6.10 Å². The van der Waals surface area contributed by atoms with Gasteiger partial charge in [-0.1, -0.05) is 278 Å². The van der Waals surface area contributed by atoms with Crippen molar-refractivity contribution in [2.75, 3.05) is 13.2 Å². The van der Waals surface area contributed by atoms with E-state index >= 15 is 0 Å². The van der Waals surface area contributed by atoms with Gasteiger partial charge in [-0.05, 0) is 25.2 Å². The van der Waals surface area contributed by atoms with Crippen LogP contribution in [-0.4, -0.2) is 37.2 Å². The number of esters is 3. The maximum atomic E-state index is 12.8. The topological polar surface area (TPSA) is 78.9 Å². The highest BCUT2D eigenvalue weighted by Gasteiger charge is 2.19. The van der Waals surface area contributed by atoms with Crippen molar-refractivity contribution in [3.63, 3.8) is 0 Å². The van der Waals surface area contributed by atoms with Gasteiger partial charge in [0.15, 0.2) is 6.10 Å². The summed E-state index contributed by atoms with van der Waals surface area (Å²) in [6, 6.07) is 0. The van der Waals surface area contributed by atoms with Crippen LogP contribution in [0.2, 0.25) is 0 Å². The summed E-state index contributed by atoms with van der Waals surface area (Å²) in [4.78, 5) is 38.0. The lowest BCUT2D eigenvalue weighted by atomic mass is 9.99. The Morgan fingerprint density at radius 1 is 0.323 bits per heavy atom. The number of hydrogen-bond donors (Lipinski definition) is 0. The second-order valence-corrected chi connectivity index (χ2v) is 19.5. The number of carbonyl (C=O) groups excluding carboxylic acids is 3. The highest BCUT2D eigenvalue weighted by molar-refractivity contribution is 5.71. The number of rotatable bonds is 51. The Morgan fingerprint density at radius 3 is 0.839 bits per heavy atom. The number of unbranched alkanes of at least 4 members (excludes halogenated alkanes) is 37. The number of carbonyl (C=O) groups is 3. The van der Waals surface area contributed by atoms with Crippen LogP contribution >= 0.6 is 0 Å². The molecule has 0 heterocycles. The van der Waals surface area contributed by atoms with E-state index in [4.69, 9.17) is 14.2 Å². The first-order chi connectivity index (χ1) is 30.4. The third-order valence-corrected chi connectivity index (χ3v) is 13.2. The van der Waals surface area contributed by atoms with Gasteiger partial charge in [0, 0.05) is 19.3 Å². The first kappa shape index (κ1) is 60.4. The van der Waals surface area contributed by atoms with Crippen molar-refractivity contribution in [3.05, 3.63) is 0 Å². The van der Waals surface area contributed by atoms with Crippen LogP contribution in [-0.2, 0) is 28.6 Å². The molecule has 0 spiro atoms. The smallest absolute Gasteiger partial charge is 0.306 e. The number of hydrogen-bond acceptors (Lipinski definition) is 6. The van der Waals surface area contributed by atoms with E-state index in [0.29, 0.717) is 19.3 Å². The lowest BCUT2D eigenvalue weighted by Crippen LogP contribution is -2.30. The fourth-order valence-corrected chi connectivity index (χ4v) is 8.54. The summed E-state index contributed by atoms with van der Waals surface area (Å²) in [5.74, 6) is 0.0557. The fraction of sp³-hybridized carbons (Fsp3) is 0.946. The van der Waals surface area contributed by atoms with Gasteiger partial charge in [-0.3, -0.25) is 14.4 Å². The molecule has 0 aliphatic heterocycles. The van der Waals surface area contributed by atoms with Crippen molar-refractivity contribution in [3.8, 4) is 0 Å². The second kappa shape index (κ2) is 50.4. The summed E-state index contributed by atoms with van der Waals surface area (Å²) in [5, 5.41) is 0. The average molecular weight is 877 g/mol. The molecular weight excluding hydrogens is 769 g/mol. The molecule has 0 bridgehead atoms. The lowest BCUT2D eigenvalue weighted by Gasteiger charge is -2.18. The Bertz CT molecular complexity index is 935. The third-order valence-electron chi connectivity index (χ3n) is 13.2. The summed E-state index contributed by atoms with van der Waals surface area (Å²) in [6.07, 6.45) is 53.7. The molecule has 0 N–H and O–H groups in total. The summed E-state index contributed by atoms with van der Waals surface area (Å²) in [6.45, 7) is 9.08. The Hall–Kier alpha value is -1.59. The Labute approximate surface area is 387 Å². The van der Waals surface area contributed by atoms with Crippen molar-refractivity contribution >= 4 is 17.9 Å². The van der Waals surface area contributed by atoms with Crippen molar-refractivity contribution in [1.82, 2.24) is 0 Å². The minimum atomic E-state index is -0.760. The van der Waals surface area contributed by atoms with Crippen molar-refractivity contribution in [1.29, 1.82) is 0 Å². The fourth-order valence-electron chi connectivity index (χ4n) is 8.54. The van der Waals surface area contributed by atoms with Crippen LogP contribution in [0.1, 0.15) is 317 Å². The van der Waals surface area contributed by atoms with E-state index in [9.17, 15) is 14.4 Å². The first-order valence-electron chi connectivity index (χ1n) is 27.9. The molecule has 2 atom stereocenters. The molecule has 0 fully saturated rings. The normalized spacial score (nSPS) is 12.4. The molecule has 62 heavy (non-hydrogen) atoms. The zero-order valence-corrected chi connectivity index (χ0v) is 42.3. The van der Waals surface area contributed by atoms with Gasteiger partial charge < -0.3 is 14.2 Å². The molecule has 0 amide bonds. The van der Waals surface area contributed by atoms with Crippen molar-refractivity contribution in [2.24, 2.45) is 5.92 Å². The van der Waals surface area contributed by atoms with Gasteiger partial charge in [0.1, 0.15) is 13.2 Å². The lowest BCUT2D eigenvalue weighted by molar-refractivity contribution is -0.167. The third kappa shape index (κ3) is 47.9. The van der Waals surface area contributed by atoms with Crippen LogP contribution in [0.4, 0.5) is 0 Å². The predicted octanol–water partition coefficient (Wildman–Crippen LogP) is 18.2. The van der Waals surface area contributed by atoms with Gasteiger partial charge in [0.05, 0.1) is 0 Å². The largest absolute Gasteiger partial charge is 0.462 e. The monoisotopic (exact) mass is 877 g/mol. The maximum absolute atomic E-state index is 12.8. The van der Waals surface area contributed by atoms with Gasteiger partial charge in [-0.25, -0.2) is 0 Å². The van der Waals surface area contributed by atoms with Crippen LogP contribution in [0, 0.1) is 5.92 Å². The summed E-state index contributed by atoms with van der Waals surface area (Å²) < 4.78 is 16.8. The molecule has 6 nitrogen and oxygen atoms in total. The molecule has 0 aromatic carbocycles. The highest BCUT2D eigenvalue weighted by atomic mass is 16.6. The van der Waals surface area contributed by atoms with E-state index in [0.717, 1.165) is 63.7 Å². The Kier molecular flexibility index (Phi) is 49.1. The predicted molar refractivity (Wildman–Crippen MR) is 266 cm³/mol. The van der Waals surface area contributed by atoms with Gasteiger partial charge in [-0.2, -0.15) is 0 Å². The maximum Gasteiger partial charge on any atom is 0.306 e. The SMILES string of the molecule is CCCCCCCCCCCCCCCCCCC(=O)OC[C@H](COC(=O)CCCCCCCCCCCCCCCCC(C)CC)OC(=O)CCCCCCCCCCCC. The van der Waals surface area contributed by atoms with Crippen LogP contribution in [0.15, 0.2) is 0 Å². The quantitative estimate of drug-likeness (QED) is 0.0344.